The maximum Gasteiger partial charge on any atom is 0.335 e. The van der Waals surface area contributed by atoms with Crippen molar-refractivity contribution in [3.63, 3.8) is 0 Å². The standard InChI is InChI=1S/C18H12N2.C14H16N2O2.C12H8N2O4/c1-3-7-15-13(5-1)9-11-17(19-15)18-12-10-14-6-2-4-8-16(14)20-18;1-13(17,11-7-3-5-9-15-11)14(2,18)12-8-4-6-10-16-12;15-11(16)7-1-3-13-9(5-7)10-6-8(12(17)18)2-4-14-10/h1-12H;3-10,17-18H,1-2H3;1-6H,(H,15,16)(H,17,18). The molecule has 8 aromatic rings. The Balaban J connectivity index is 0.000000143. The first kappa shape index (κ1) is 38.4. The average molecular weight is 745 g/mol. The molecule has 6 aromatic heterocycles. The van der Waals surface area contributed by atoms with Gasteiger partial charge < -0.3 is 20.4 Å². The van der Waals surface area contributed by atoms with Crippen molar-refractivity contribution in [3.8, 4) is 22.8 Å². The summed E-state index contributed by atoms with van der Waals surface area (Å²) < 4.78 is 0. The topological polar surface area (TPSA) is 192 Å². The average Bonchev–Trinajstić information content (AvgIpc) is 3.24. The number of aromatic nitrogens is 6. The van der Waals surface area contributed by atoms with Crippen molar-refractivity contribution < 1.29 is 30.0 Å². The van der Waals surface area contributed by atoms with Gasteiger partial charge in [-0.25, -0.2) is 19.6 Å². The van der Waals surface area contributed by atoms with Gasteiger partial charge in [-0.3, -0.25) is 19.9 Å². The predicted molar refractivity (Wildman–Crippen MR) is 211 cm³/mol. The summed E-state index contributed by atoms with van der Waals surface area (Å²) in [5.74, 6) is -2.15. The number of aromatic carboxylic acids is 2. The number of fused-ring (bicyclic) bond motifs is 2. The molecule has 0 aliphatic carbocycles. The van der Waals surface area contributed by atoms with Crippen LogP contribution in [-0.2, 0) is 11.2 Å². The van der Waals surface area contributed by atoms with Crippen molar-refractivity contribution >= 4 is 33.7 Å². The first-order valence-corrected chi connectivity index (χ1v) is 17.3. The summed E-state index contributed by atoms with van der Waals surface area (Å²) in [4.78, 5) is 47.2. The molecule has 12 nitrogen and oxygen atoms in total. The number of benzene rings is 2. The molecule has 0 aliphatic rings. The van der Waals surface area contributed by atoms with Crippen molar-refractivity contribution in [2.75, 3.05) is 0 Å². The molecule has 0 saturated heterocycles. The van der Waals surface area contributed by atoms with Crippen LogP contribution >= 0.6 is 0 Å². The third kappa shape index (κ3) is 8.74. The quantitative estimate of drug-likeness (QED) is 0.125. The zero-order valence-electron chi connectivity index (χ0n) is 30.3. The monoisotopic (exact) mass is 744 g/mol. The van der Waals surface area contributed by atoms with Crippen molar-refractivity contribution in [2.45, 2.75) is 25.0 Å². The van der Waals surface area contributed by atoms with Gasteiger partial charge in [0.25, 0.3) is 0 Å². The lowest BCUT2D eigenvalue weighted by molar-refractivity contribution is -0.147. The number of hydrogen-bond donors (Lipinski definition) is 4. The summed E-state index contributed by atoms with van der Waals surface area (Å²) in [6.07, 6.45) is 5.85. The molecular formula is C44H36N6O6. The molecule has 8 rings (SSSR count). The molecule has 0 amide bonds. The van der Waals surface area contributed by atoms with Crippen LogP contribution in [0, 0.1) is 0 Å². The smallest absolute Gasteiger partial charge is 0.335 e. The van der Waals surface area contributed by atoms with Crippen LogP contribution in [0.4, 0.5) is 0 Å². The van der Waals surface area contributed by atoms with E-state index < -0.39 is 23.1 Å². The Bertz CT molecular complexity index is 2440. The molecule has 4 N–H and O–H groups in total. The number of hydrogen-bond acceptors (Lipinski definition) is 10. The van der Waals surface area contributed by atoms with Crippen LogP contribution in [0.2, 0.25) is 0 Å². The lowest BCUT2D eigenvalue weighted by Gasteiger charge is -2.37. The third-order valence-electron chi connectivity index (χ3n) is 9.01. The van der Waals surface area contributed by atoms with Crippen molar-refractivity contribution in [1.29, 1.82) is 0 Å². The fraction of sp³-hybridized carbons (Fsp3) is 0.0909. The molecule has 278 valence electrons. The number of nitrogens with zero attached hydrogens (tertiary/aromatic N) is 6. The van der Waals surface area contributed by atoms with Gasteiger partial charge in [-0.15, -0.1) is 0 Å². The number of rotatable bonds is 7. The summed E-state index contributed by atoms with van der Waals surface area (Å²) >= 11 is 0. The molecule has 2 aromatic carbocycles. The zero-order valence-corrected chi connectivity index (χ0v) is 30.3. The maximum absolute atomic E-state index is 10.8. The summed E-state index contributed by atoms with van der Waals surface area (Å²) in [6, 6.07) is 40.3. The molecule has 2 atom stereocenters. The summed E-state index contributed by atoms with van der Waals surface area (Å²) in [5, 5.41) is 41.2. The second-order valence-electron chi connectivity index (χ2n) is 12.8. The molecule has 0 spiro atoms. The van der Waals surface area contributed by atoms with Gasteiger partial charge in [0.2, 0.25) is 0 Å². The van der Waals surface area contributed by atoms with Crippen LogP contribution in [0.1, 0.15) is 46.0 Å². The molecule has 0 fully saturated rings. The minimum absolute atomic E-state index is 0.0718. The molecule has 0 bridgehead atoms. The van der Waals surface area contributed by atoms with Gasteiger partial charge in [-0.05, 0) is 86.6 Å². The van der Waals surface area contributed by atoms with E-state index in [2.05, 4.69) is 54.2 Å². The van der Waals surface area contributed by atoms with Crippen LogP contribution < -0.4 is 0 Å². The minimum Gasteiger partial charge on any atom is -0.478 e. The highest BCUT2D eigenvalue weighted by molar-refractivity contribution is 5.90. The minimum atomic E-state index is -1.53. The highest BCUT2D eigenvalue weighted by Gasteiger charge is 2.46. The van der Waals surface area contributed by atoms with Crippen LogP contribution in [-0.4, -0.2) is 62.3 Å². The van der Waals surface area contributed by atoms with Crippen molar-refractivity contribution in [2.24, 2.45) is 0 Å². The number of aliphatic hydroxyl groups is 2. The van der Waals surface area contributed by atoms with Gasteiger partial charge in [0.05, 0.1) is 56.3 Å². The number of carboxylic acids is 2. The Morgan fingerprint density at radius 3 is 1.21 bits per heavy atom. The van der Waals surface area contributed by atoms with E-state index in [1.54, 1.807) is 48.8 Å². The Kier molecular flexibility index (Phi) is 11.5. The molecule has 6 heterocycles. The van der Waals surface area contributed by atoms with E-state index in [0.717, 1.165) is 33.2 Å². The van der Waals surface area contributed by atoms with E-state index >= 15 is 0 Å². The van der Waals surface area contributed by atoms with Gasteiger partial charge in [-0.1, -0.05) is 60.7 Å². The highest BCUT2D eigenvalue weighted by Crippen LogP contribution is 2.38. The van der Waals surface area contributed by atoms with Gasteiger partial charge in [0.1, 0.15) is 11.2 Å². The Hall–Kier alpha value is -7.28. The van der Waals surface area contributed by atoms with E-state index in [0.29, 0.717) is 22.8 Å². The second-order valence-corrected chi connectivity index (χ2v) is 12.8. The van der Waals surface area contributed by atoms with Crippen LogP contribution in [0.25, 0.3) is 44.6 Å². The van der Waals surface area contributed by atoms with E-state index in [1.165, 1.54) is 50.5 Å². The van der Waals surface area contributed by atoms with Crippen molar-refractivity contribution in [3.05, 3.63) is 181 Å². The van der Waals surface area contributed by atoms with Crippen molar-refractivity contribution in [1.82, 2.24) is 29.9 Å². The number of para-hydroxylation sites is 2. The maximum atomic E-state index is 10.8. The van der Waals surface area contributed by atoms with E-state index in [9.17, 15) is 19.8 Å². The Morgan fingerprint density at radius 1 is 0.446 bits per heavy atom. The first-order valence-electron chi connectivity index (χ1n) is 17.3. The lowest BCUT2D eigenvalue weighted by atomic mass is 9.80. The Labute approximate surface area is 321 Å². The van der Waals surface area contributed by atoms with Crippen LogP contribution in [0.3, 0.4) is 0 Å². The molecule has 0 saturated carbocycles. The predicted octanol–water partition coefficient (Wildman–Crippen LogP) is 7.58. The largest absolute Gasteiger partial charge is 0.478 e. The molecule has 12 heteroatoms. The molecule has 2 unspecified atom stereocenters. The van der Waals surface area contributed by atoms with E-state index in [-0.39, 0.29) is 11.1 Å². The van der Waals surface area contributed by atoms with Gasteiger partial charge >= 0.3 is 11.9 Å². The van der Waals surface area contributed by atoms with Crippen LogP contribution in [0.15, 0.2) is 158 Å². The number of carbonyl (C=O) groups is 2. The lowest BCUT2D eigenvalue weighted by Crippen LogP contribution is -2.46. The second kappa shape index (κ2) is 16.8. The summed E-state index contributed by atoms with van der Waals surface area (Å²) in [7, 11) is 0. The summed E-state index contributed by atoms with van der Waals surface area (Å²) in [6.45, 7) is 3.06. The molecular weight excluding hydrogens is 709 g/mol. The van der Waals surface area contributed by atoms with Gasteiger partial charge in [0, 0.05) is 35.6 Å². The fourth-order valence-electron chi connectivity index (χ4n) is 5.62. The molecule has 0 aliphatic heterocycles. The zero-order chi connectivity index (χ0) is 39.7. The van der Waals surface area contributed by atoms with Gasteiger partial charge in [-0.2, -0.15) is 0 Å². The normalized spacial score (nSPS) is 12.9. The van der Waals surface area contributed by atoms with Crippen LogP contribution in [0.5, 0.6) is 0 Å². The number of pyridine rings is 6. The highest BCUT2D eigenvalue weighted by atomic mass is 16.4. The number of carboxylic acid groups (broad SMARTS) is 2. The van der Waals surface area contributed by atoms with E-state index in [1.807, 2.05) is 48.5 Å². The van der Waals surface area contributed by atoms with E-state index in [4.69, 9.17) is 10.2 Å². The first-order chi connectivity index (χ1) is 26.9. The third-order valence-corrected chi connectivity index (χ3v) is 9.01. The molecule has 56 heavy (non-hydrogen) atoms. The molecule has 0 radical (unpaired) electrons. The van der Waals surface area contributed by atoms with Gasteiger partial charge in [0.15, 0.2) is 0 Å². The fourth-order valence-corrected chi connectivity index (χ4v) is 5.62. The SMILES string of the molecule is CC(O)(c1ccccn1)C(C)(O)c1ccccn1.O=C(O)c1ccnc(-c2cc(C(=O)O)ccn2)c1.c1ccc2nc(-c3ccc4ccccc4n3)ccc2c1. The Morgan fingerprint density at radius 2 is 0.839 bits per heavy atom. The summed E-state index contributed by atoms with van der Waals surface area (Å²) in [5.41, 5.74) is 2.36.